The van der Waals surface area contributed by atoms with E-state index in [4.69, 9.17) is 9.47 Å². The van der Waals surface area contributed by atoms with Crippen LogP contribution in [0.25, 0.3) is 0 Å². The van der Waals surface area contributed by atoms with Crippen molar-refractivity contribution >= 4 is 11.8 Å². The number of amides is 1. The number of hydrogen-bond donors (Lipinski definition) is 3. The monoisotopic (exact) mass is 254 g/mol. The number of aliphatic hydroxyl groups excluding tert-OH is 1. The molecular formula is C12H18N2O4. The Morgan fingerprint density at radius 2 is 2.22 bits per heavy atom. The zero-order valence-electron chi connectivity index (χ0n) is 10.5. The van der Waals surface area contributed by atoms with Crippen LogP contribution in [0.5, 0.6) is 0 Å². The van der Waals surface area contributed by atoms with E-state index in [1.54, 1.807) is 0 Å². The fourth-order valence-electron chi connectivity index (χ4n) is 1.29. The highest BCUT2D eigenvalue weighted by Gasteiger charge is 2.07. The number of carbonyl (C=O) groups is 1. The van der Waals surface area contributed by atoms with Crippen LogP contribution >= 0.6 is 0 Å². The van der Waals surface area contributed by atoms with Crippen molar-refractivity contribution in [1.29, 1.82) is 0 Å². The van der Waals surface area contributed by atoms with Crippen LogP contribution in [0.1, 0.15) is 5.56 Å². The van der Waals surface area contributed by atoms with Crippen molar-refractivity contribution < 1.29 is 19.4 Å². The molecule has 3 N–H and O–H groups in total. The SMILES string of the molecule is COCC(O)COC(=O)NNc1cccc(C)c1. The largest absolute Gasteiger partial charge is 0.446 e. The van der Waals surface area contributed by atoms with Gasteiger partial charge in [0.25, 0.3) is 0 Å². The van der Waals surface area contributed by atoms with Crippen LogP contribution in [0.3, 0.4) is 0 Å². The number of methoxy groups -OCH3 is 1. The molecule has 0 aromatic heterocycles. The molecule has 1 unspecified atom stereocenters. The molecule has 6 heteroatoms. The number of carbonyl (C=O) groups excluding carboxylic acids is 1. The van der Waals surface area contributed by atoms with Gasteiger partial charge in [0.1, 0.15) is 12.7 Å². The molecule has 0 aliphatic heterocycles. The van der Waals surface area contributed by atoms with Gasteiger partial charge in [-0.2, -0.15) is 0 Å². The molecule has 0 heterocycles. The summed E-state index contributed by atoms with van der Waals surface area (Å²) in [4.78, 5) is 11.3. The van der Waals surface area contributed by atoms with Gasteiger partial charge in [-0.15, -0.1) is 0 Å². The molecular weight excluding hydrogens is 236 g/mol. The van der Waals surface area contributed by atoms with E-state index in [9.17, 15) is 9.90 Å². The summed E-state index contributed by atoms with van der Waals surface area (Å²) in [5, 5.41) is 9.27. The quantitative estimate of drug-likeness (QED) is 0.661. The molecule has 0 aliphatic rings. The maximum atomic E-state index is 11.3. The second kappa shape index (κ2) is 7.52. The Hall–Kier alpha value is -1.79. The van der Waals surface area contributed by atoms with Crippen LogP contribution in [0.15, 0.2) is 24.3 Å². The van der Waals surface area contributed by atoms with E-state index in [1.807, 2.05) is 31.2 Å². The molecule has 1 amide bonds. The molecule has 1 aromatic carbocycles. The van der Waals surface area contributed by atoms with E-state index in [0.717, 1.165) is 11.3 Å². The molecule has 0 saturated carbocycles. The highest BCUT2D eigenvalue weighted by atomic mass is 16.6. The number of hydrazine groups is 1. The van der Waals surface area contributed by atoms with Gasteiger partial charge in [0.05, 0.1) is 12.3 Å². The Kier molecular flexibility index (Phi) is 5.96. The number of hydrogen-bond acceptors (Lipinski definition) is 5. The first-order valence-corrected chi connectivity index (χ1v) is 5.54. The number of aryl methyl sites for hydroxylation is 1. The van der Waals surface area contributed by atoms with Crippen LogP contribution in [0, 0.1) is 6.92 Å². The predicted molar refractivity (Wildman–Crippen MR) is 67.2 cm³/mol. The van der Waals surface area contributed by atoms with E-state index in [0.29, 0.717) is 0 Å². The lowest BCUT2D eigenvalue weighted by Gasteiger charge is -2.12. The average molecular weight is 254 g/mol. The molecule has 0 radical (unpaired) electrons. The number of nitrogens with one attached hydrogen (secondary N) is 2. The zero-order chi connectivity index (χ0) is 13.4. The van der Waals surface area contributed by atoms with E-state index in [2.05, 4.69) is 10.9 Å². The van der Waals surface area contributed by atoms with Gasteiger partial charge in [0.2, 0.25) is 0 Å². The van der Waals surface area contributed by atoms with Crippen molar-refractivity contribution in [2.75, 3.05) is 25.7 Å². The summed E-state index contributed by atoms with van der Waals surface area (Å²) in [5.41, 5.74) is 6.89. The van der Waals surface area contributed by atoms with Gasteiger partial charge in [-0.25, -0.2) is 10.2 Å². The Morgan fingerprint density at radius 3 is 2.89 bits per heavy atom. The Bertz CT molecular complexity index is 384. The molecule has 100 valence electrons. The third-order valence-corrected chi connectivity index (χ3v) is 2.09. The molecule has 1 rings (SSSR count). The maximum Gasteiger partial charge on any atom is 0.426 e. The summed E-state index contributed by atoms with van der Waals surface area (Å²) in [6.45, 7) is 1.96. The van der Waals surface area contributed by atoms with E-state index >= 15 is 0 Å². The van der Waals surface area contributed by atoms with Gasteiger partial charge in [-0.1, -0.05) is 12.1 Å². The minimum Gasteiger partial charge on any atom is -0.446 e. The third-order valence-electron chi connectivity index (χ3n) is 2.09. The molecule has 1 aromatic rings. The smallest absolute Gasteiger partial charge is 0.426 e. The second-order valence-corrected chi connectivity index (χ2v) is 3.83. The topological polar surface area (TPSA) is 79.8 Å². The van der Waals surface area contributed by atoms with Crippen molar-refractivity contribution in [2.24, 2.45) is 0 Å². The summed E-state index contributed by atoms with van der Waals surface area (Å²) in [7, 11) is 1.46. The molecule has 1 atom stereocenters. The number of anilines is 1. The first-order valence-electron chi connectivity index (χ1n) is 5.54. The molecule has 0 bridgehead atoms. The van der Waals surface area contributed by atoms with Crippen molar-refractivity contribution in [1.82, 2.24) is 5.43 Å². The van der Waals surface area contributed by atoms with Crippen LogP contribution < -0.4 is 10.9 Å². The molecule has 18 heavy (non-hydrogen) atoms. The molecule has 0 fully saturated rings. The average Bonchev–Trinajstić information content (AvgIpc) is 2.34. The minimum absolute atomic E-state index is 0.116. The van der Waals surface area contributed by atoms with Gasteiger partial charge in [0, 0.05) is 7.11 Å². The summed E-state index contributed by atoms with van der Waals surface area (Å²) >= 11 is 0. The van der Waals surface area contributed by atoms with Gasteiger partial charge in [-0.3, -0.25) is 5.43 Å². The highest BCUT2D eigenvalue weighted by molar-refractivity contribution is 5.69. The summed E-state index contributed by atoms with van der Waals surface area (Å²) in [5.74, 6) is 0. The summed E-state index contributed by atoms with van der Waals surface area (Å²) < 4.78 is 9.47. The third kappa shape index (κ3) is 5.51. The standard InChI is InChI=1S/C12H18N2O4/c1-9-4-3-5-10(6-9)13-14-12(16)18-8-11(15)7-17-2/h3-6,11,13,15H,7-8H2,1-2H3,(H,14,16). The van der Waals surface area contributed by atoms with Gasteiger partial charge < -0.3 is 14.6 Å². The number of aliphatic hydroxyl groups is 1. The lowest BCUT2D eigenvalue weighted by molar-refractivity contribution is 0.0167. The van der Waals surface area contributed by atoms with E-state index in [-0.39, 0.29) is 13.2 Å². The first-order chi connectivity index (χ1) is 8.61. The Morgan fingerprint density at radius 1 is 1.44 bits per heavy atom. The van der Waals surface area contributed by atoms with E-state index < -0.39 is 12.2 Å². The number of rotatable bonds is 6. The van der Waals surface area contributed by atoms with Crippen molar-refractivity contribution in [3.8, 4) is 0 Å². The first kappa shape index (κ1) is 14.3. The highest BCUT2D eigenvalue weighted by Crippen LogP contribution is 2.07. The molecule has 0 spiro atoms. The molecule has 0 saturated heterocycles. The Labute approximate surface area is 106 Å². The van der Waals surface area contributed by atoms with Gasteiger partial charge in [0.15, 0.2) is 0 Å². The van der Waals surface area contributed by atoms with Crippen LogP contribution in [-0.4, -0.2) is 37.6 Å². The van der Waals surface area contributed by atoms with Gasteiger partial charge in [-0.05, 0) is 24.6 Å². The molecule has 0 aliphatic carbocycles. The fraction of sp³-hybridized carbons (Fsp3) is 0.417. The van der Waals surface area contributed by atoms with Crippen LogP contribution in [0.2, 0.25) is 0 Å². The maximum absolute atomic E-state index is 11.3. The van der Waals surface area contributed by atoms with Crippen molar-refractivity contribution in [2.45, 2.75) is 13.0 Å². The summed E-state index contributed by atoms with van der Waals surface area (Å²) in [6, 6.07) is 7.50. The van der Waals surface area contributed by atoms with Crippen LogP contribution in [0.4, 0.5) is 10.5 Å². The van der Waals surface area contributed by atoms with E-state index in [1.165, 1.54) is 7.11 Å². The summed E-state index contributed by atoms with van der Waals surface area (Å²) in [6.07, 6.45) is -1.48. The second-order valence-electron chi connectivity index (χ2n) is 3.83. The van der Waals surface area contributed by atoms with Crippen molar-refractivity contribution in [3.63, 3.8) is 0 Å². The van der Waals surface area contributed by atoms with Crippen LogP contribution in [-0.2, 0) is 9.47 Å². The van der Waals surface area contributed by atoms with Crippen molar-refractivity contribution in [3.05, 3.63) is 29.8 Å². The lowest BCUT2D eigenvalue weighted by Crippen LogP contribution is -2.33. The van der Waals surface area contributed by atoms with Gasteiger partial charge >= 0.3 is 6.09 Å². The number of ether oxygens (including phenoxy) is 2. The Balaban J connectivity index is 2.25. The zero-order valence-corrected chi connectivity index (χ0v) is 10.5. The predicted octanol–water partition coefficient (Wildman–Crippen LogP) is 1.06. The number of benzene rings is 1. The minimum atomic E-state index is -0.820. The fourth-order valence-corrected chi connectivity index (χ4v) is 1.29. The normalized spacial score (nSPS) is 11.7. The molecule has 6 nitrogen and oxygen atoms in total. The lowest BCUT2D eigenvalue weighted by atomic mass is 10.2.